The molecule has 1 aromatic carbocycles. The second-order valence-electron chi connectivity index (χ2n) is 5.23. The van der Waals surface area contributed by atoms with E-state index in [2.05, 4.69) is 31.0 Å². The van der Waals surface area contributed by atoms with Gasteiger partial charge < -0.3 is 15.2 Å². The van der Waals surface area contributed by atoms with Crippen LogP contribution in [0.15, 0.2) is 27.2 Å². The van der Waals surface area contributed by atoms with Crippen LogP contribution in [0.2, 0.25) is 5.02 Å². The molecule has 112 valence electrons. The zero-order valence-electron chi connectivity index (χ0n) is 11.4. The minimum atomic E-state index is -0.233. The molecule has 3 rings (SSSR count). The Morgan fingerprint density at radius 2 is 2.10 bits per heavy atom. The lowest BCUT2D eigenvalue weighted by atomic mass is 10.2. The summed E-state index contributed by atoms with van der Waals surface area (Å²) in [6, 6.07) is 5.25. The predicted molar refractivity (Wildman–Crippen MR) is 85.0 cm³/mol. The molecule has 1 atom stereocenters. The minimum Gasteiger partial charge on any atom is -0.334 e. The first-order valence-electron chi connectivity index (χ1n) is 6.90. The van der Waals surface area contributed by atoms with Crippen molar-refractivity contribution in [3.63, 3.8) is 0 Å². The summed E-state index contributed by atoms with van der Waals surface area (Å²) >= 11 is 9.43. The van der Waals surface area contributed by atoms with Gasteiger partial charge in [-0.2, -0.15) is 4.98 Å². The maximum absolute atomic E-state index is 6.16. The highest BCUT2D eigenvalue weighted by molar-refractivity contribution is 9.10. The number of nitrogens with zero attached hydrogens (tertiary/aromatic N) is 3. The smallest absolute Gasteiger partial charge is 0.258 e. The molecule has 0 bridgehead atoms. The van der Waals surface area contributed by atoms with Gasteiger partial charge in [-0.05, 0) is 44.1 Å². The fourth-order valence-electron chi connectivity index (χ4n) is 2.51. The second-order valence-corrected chi connectivity index (χ2v) is 6.58. The van der Waals surface area contributed by atoms with Crippen LogP contribution in [-0.2, 0) is 0 Å². The molecule has 0 amide bonds. The van der Waals surface area contributed by atoms with Gasteiger partial charge in [0.25, 0.3) is 5.89 Å². The maximum Gasteiger partial charge on any atom is 0.258 e. The maximum atomic E-state index is 6.16. The molecule has 1 aliphatic heterocycles. The van der Waals surface area contributed by atoms with E-state index in [1.807, 2.05) is 6.07 Å². The molecule has 2 aromatic rings. The summed E-state index contributed by atoms with van der Waals surface area (Å²) < 4.78 is 6.17. The zero-order chi connectivity index (χ0) is 14.8. The molecule has 1 fully saturated rings. The molecule has 2 N–H and O–H groups in total. The van der Waals surface area contributed by atoms with Crippen molar-refractivity contribution in [1.29, 1.82) is 0 Å². The highest BCUT2D eigenvalue weighted by Gasteiger charge is 2.20. The molecular formula is C14H16BrClN4O. The molecule has 2 heterocycles. The van der Waals surface area contributed by atoms with Gasteiger partial charge in [0.2, 0.25) is 0 Å². The van der Waals surface area contributed by atoms with Crippen LogP contribution < -0.4 is 5.73 Å². The van der Waals surface area contributed by atoms with Crippen molar-refractivity contribution in [2.24, 2.45) is 5.73 Å². The molecule has 0 saturated carbocycles. The molecule has 1 aliphatic rings. The third-order valence-electron chi connectivity index (χ3n) is 3.54. The van der Waals surface area contributed by atoms with Crippen LogP contribution in [0.25, 0.3) is 11.5 Å². The van der Waals surface area contributed by atoms with Gasteiger partial charge in [-0.1, -0.05) is 32.7 Å². The first-order chi connectivity index (χ1) is 10.1. The van der Waals surface area contributed by atoms with Gasteiger partial charge in [0.05, 0.1) is 6.04 Å². The normalized spacial score (nSPS) is 17.3. The first kappa shape index (κ1) is 15.0. The third kappa shape index (κ3) is 3.63. The number of nitrogens with two attached hydrogens (primary N) is 1. The van der Waals surface area contributed by atoms with Crippen LogP contribution in [0.1, 0.15) is 24.7 Å². The van der Waals surface area contributed by atoms with Crippen molar-refractivity contribution in [2.45, 2.75) is 18.9 Å². The number of rotatable bonds is 4. The van der Waals surface area contributed by atoms with Crippen molar-refractivity contribution in [2.75, 3.05) is 19.6 Å². The first-order valence-corrected chi connectivity index (χ1v) is 8.07. The van der Waals surface area contributed by atoms with Crippen molar-refractivity contribution < 1.29 is 4.52 Å². The average molecular weight is 372 g/mol. The van der Waals surface area contributed by atoms with Crippen molar-refractivity contribution in [3.8, 4) is 11.5 Å². The van der Waals surface area contributed by atoms with Crippen LogP contribution >= 0.6 is 27.5 Å². The van der Waals surface area contributed by atoms with Crippen LogP contribution in [0.4, 0.5) is 0 Å². The Hall–Kier alpha value is -0.950. The third-order valence-corrected chi connectivity index (χ3v) is 4.21. The van der Waals surface area contributed by atoms with Gasteiger partial charge in [-0.25, -0.2) is 0 Å². The van der Waals surface area contributed by atoms with Crippen molar-refractivity contribution in [3.05, 3.63) is 33.5 Å². The van der Waals surface area contributed by atoms with Crippen LogP contribution in [-0.4, -0.2) is 34.7 Å². The molecule has 0 aliphatic carbocycles. The monoisotopic (exact) mass is 370 g/mol. The van der Waals surface area contributed by atoms with E-state index in [0.717, 1.165) is 29.7 Å². The second kappa shape index (κ2) is 6.44. The molecule has 7 heteroatoms. The number of hydrogen-bond donors (Lipinski definition) is 1. The standard InChI is InChI=1S/C14H16BrClN4O/c15-10-5-9(6-11(16)7-10)14-18-13(19-21-14)12(17)8-20-3-1-2-4-20/h5-7,12H,1-4,8,17H2. The van der Waals surface area contributed by atoms with Gasteiger partial charge in [0.1, 0.15) is 0 Å². The molecule has 21 heavy (non-hydrogen) atoms. The lowest BCUT2D eigenvalue weighted by Gasteiger charge is -2.17. The summed E-state index contributed by atoms with van der Waals surface area (Å²) in [4.78, 5) is 6.73. The Balaban J connectivity index is 1.75. The van der Waals surface area contributed by atoms with Gasteiger partial charge >= 0.3 is 0 Å². The van der Waals surface area contributed by atoms with E-state index >= 15 is 0 Å². The molecule has 5 nitrogen and oxygen atoms in total. The van der Waals surface area contributed by atoms with E-state index in [9.17, 15) is 0 Å². The van der Waals surface area contributed by atoms with Crippen molar-refractivity contribution >= 4 is 27.5 Å². The number of hydrogen-bond acceptors (Lipinski definition) is 5. The van der Waals surface area contributed by atoms with E-state index in [1.54, 1.807) is 12.1 Å². The summed E-state index contributed by atoms with van der Waals surface area (Å²) in [5, 5.41) is 4.61. The number of likely N-dealkylation sites (tertiary alicyclic amines) is 1. The minimum absolute atomic E-state index is 0.233. The van der Waals surface area contributed by atoms with Gasteiger partial charge in [0.15, 0.2) is 5.82 Å². The van der Waals surface area contributed by atoms with Crippen LogP contribution in [0, 0.1) is 0 Å². The summed E-state index contributed by atoms with van der Waals surface area (Å²) in [6.45, 7) is 2.96. The Labute approximate surface area is 136 Å². The van der Waals surface area contributed by atoms with E-state index < -0.39 is 0 Å². The molecule has 1 saturated heterocycles. The molecule has 0 radical (unpaired) electrons. The number of benzene rings is 1. The number of halogens is 2. The Bertz CT molecular complexity index is 607. The zero-order valence-corrected chi connectivity index (χ0v) is 13.8. The SMILES string of the molecule is NC(CN1CCCC1)c1noc(-c2cc(Cl)cc(Br)c2)n1. The Kier molecular flexibility index (Phi) is 4.59. The largest absolute Gasteiger partial charge is 0.334 e. The highest BCUT2D eigenvalue weighted by Crippen LogP contribution is 2.27. The fraction of sp³-hybridized carbons (Fsp3) is 0.429. The lowest BCUT2D eigenvalue weighted by molar-refractivity contribution is 0.306. The van der Waals surface area contributed by atoms with E-state index in [1.165, 1.54) is 12.8 Å². The number of aromatic nitrogens is 2. The summed E-state index contributed by atoms with van der Waals surface area (Å²) in [5.74, 6) is 0.970. The van der Waals surface area contributed by atoms with Gasteiger partial charge in [-0.3, -0.25) is 0 Å². The fourth-order valence-corrected chi connectivity index (χ4v) is 3.37. The van der Waals surface area contributed by atoms with Gasteiger partial charge in [-0.15, -0.1) is 0 Å². The van der Waals surface area contributed by atoms with E-state index in [0.29, 0.717) is 16.7 Å². The topological polar surface area (TPSA) is 68.2 Å². The van der Waals surface area contributed by atoms with E-state index in [-0.39, 0.29) is 6.04 Å². The van der Waals surface area contributed by atoms with Crippen LogP contribution in [0.5, 0.6) is 0 Å². The Morgan fingerprint density at radius 3 is 2.81 bits per heavy atom. The average Bonchev–Trinajstić information content (AvgIpc) is 3.08. The summed E-state index contributed by atoms with van der Waals surface area (Å²) in [7, 11) is 0. The Morgan fingerprint density at radius 1 is 1.33 bits per heavy atom. The molecule has 0 spiro atoms. The molecule has 1 aromatic heterocycles. The lowest BCUT2D eigenvalue weighted by Crippen LogP contribution is -2.30. The molecule has 1 unspecified atom stereocenters. The predicted octanol–water partition coefficient (Wildman–Crippen LogP) is 3.25. The summed E-state index contributed by atoms with van der Waals surface area (Å²) in [5.41, 5.74) is 6.94. The quantitative estimate of drug-likeness (QED) is 0.893. The van der Waals surface area contributed by atoms with Crippen LogP contribution in [0.3, 0.4) is 0 Å². The summed E-state index contributed by atoms with van der Waals surface area (Å²) in [6.07, 6.45) is 2.47. The van der Waals surface area contributed by atoms with Crippen molar-refractivity contribution in [1.82, 2.24) is 15.0 Å². The van der Waals surface area contributed by atoms with E-state index in [4.69, 9.17) is 21.9 Å². The van der Waals surface area contributed by atoms with Gasteiger partial charge in [0, 0.05) is 21.6 Å². The highest BCUT2D eigenvalue weighted by atomic mass is 79.9. The molecular weight excluding hydrogens is 356 g/mol.